The summed E-state index contributed by atoms with van der Waals surface area (Å²) in [4.78, 5) is 3.54. The SMILES string of the molecule is CCCC/C=C/c1cccc2c1[nH]c1ccccc12. The van der Waals surface area contributed by atoms with Crippen molar-refractivity contribution < 1.29 is 0 Å². The third-order valence-corrected chi connectivity index (χ3v) is 3.60. The molecule has 0 amide bonds. The van der Waals surface area contributed by atoms with Crippen molar-refractivity contribution in [2.45, 2.75) is 26.2 Å². The van der Waals surface area contributed by atoms with E-state index in [9.17, 15) is 0 Å². The van der Waals surface area contributed by atoms with E-state index >= 15 is 0 Å². The summed E-state index contributed by atoms with van der Waals surface area (Å²) < 4.78 is 0. The Bertz CT molecular complexity index is 719. The average molecular weight is 249 g/mol. The lowest BCUT2D eigenvalue weighted by molar-refractivity contribution is 0.816. The first-order valence-corrected chi connectivity index (χ1v) is 7.06. The quantitative estimate of drug-likeness (QED) is 0.585. The molecule has 0 atom stereocenters. The monoisotopic (exact) mass is 249 g/mol. The van der Waals surface area contributed by atoms with Crippen molar-refractivity contribution in [2.75, 3.05) is 0 Å². The van der Waals surface area contributed by atoms with Crippen LogP contribution in [0.1, 0.15) is 31.7 Å². The van der Waals surface area contributed by atoms with Crippen LogP contribution in [0.4, 0.5) is 0 Å². The molecule has 0 aliphatic rings. The van der Waals surface area contributed by atoms with Gasteiger partial charge in [-0.05, 0) is 18.1 Å². The number of hydrogen-bond donors (Lipinski definition) is 1. The molecule has 3 rings (SSSR count). The minimum Gasteiger partial charge on any atom is -0.354 e. The maximum absolute atomic E-state index is 3.54. The summed E-state index contributed by atoms with van der Waals surface area (Å²) in [6.45, 7) is 2.23. The molecule has 0 radical (unpaired) electrons. The molecule has 0 aliphatic heterocycles. The van der Waals surface area contributed by atoms with Crippen LogP contribution in [0.15, 0.2) is 48.5 Å². The fourth-order valence-electron chi connectivity index (χ4n) is 2.57. The first kappa shape index (κ1) is 12.0. The number of aromatic amines is 1. The number of hydrogen-bond acceptors (Lipinski definition) is 0. The Morgan fingerprint density at radius 3 is 2.74 bits per heavy atom. The second kappa shape index (κ2) is 5.31. The summed E-state index contributed by atoms with van der Waals surface area (Å²) in [7, 11) is 0. The molecular weight excluding hydrogens is 230 g/mol. The van der Waals surface area contributed by atoms with E-state index in [4.69, 9.17) is 0 Å². The van der Waals surface area contributed by atoms with Gasteiger partial charge in [-0.3, -0.25) is 0 Å². The van der Waals surface area contributed by atoms with Crippen molar-refractivity contribution in [1.82, 2.24) is 4.98 Å². The number of unbranched alkanes of at least 4 members (excludes halogenated alkanes) is 2. The van der Waals surface area contributed by atoms with Crippen LogP contribution in [0.2, 0.25) is 0 Å². The molecule has 1 heterocycles. The number of rotatable bonds is 4. The van der Waals surface area contributed by atoms with Crippen LogP contribution in [0.5, 0.6) is 0 Å². The van der Waals surface area contributed by atoms with Crippen LogP contribution in [-0.2, 0) is 0 Å². The zero-order valence-electron chi connectivity index (χ0n) is 11.3. The van der Waals surface area contributed by atoms with E-state index in [0.717, 1.165) is 6.42 Å². The van der Waals surface area contributed by atoms with E-state index in [0.29, 0.717) is 0 Å². The third kappa shape index (κ3) is 2.28. The molecule has 1 aromatic heterocycles. The van der Waals surface area contributed by atoms with E-state index in [2.05, 4.69) is 66.5 Å². The van der Waals surface area contributed by atoms with Crippen molar-refractivity contribution in [2.24, 2.45) is 0 Å². The lowest BCUT2D eigenvalue weighted by Crippen LogP contribution is -1.76. The summed E-state index contributed by atoms with van der Waals surface area (Å²) >= 11 is 0. The fraction of sp³-hybridized carbons (Fsp3) is 0.222. The first-order valence-electron chi connectivity index (χ1n) is 7.06. The molecular formula is C18H19N. The minimum absolute atomic E-state index is 1.16. The Balaban J connectivity index is 2.07. The van der Waals surface area contributed by atoms with Gasteiger partial charge >= 0.3 is 0 Å². The molecule has 0 unspecified atom stereocenters. The molecule has 96 valence electrons. The molecule has 0 fully saturated rings. The largest absolute Gasteiger partial charge is 0.354 e. The summed E-state index contributed by atoms with van der Waals surface area (Å²) in [5, 5.41) is 2.62. The van der Waals surface area contributed by atoms with Crippen LogP contribution in [0.25, 0.3) is 27.9 Å². The smallest absolute Gasteiger partial charge is 0.0538 e. The molecule has 2 aromatic carbocycles. The van der Waals surface area contributed by atoms with Gasteiger partial charge in [0.2, 0.25) is 0 Å². The Kier molecular flexibility index (Phi) is 3.37. The van der Waals surface area contributed by atoms with E-state index in [1.54, 1.807) is 0 Å². The lowest BCUT2D eigenvalue weighted by Gasteiger charge is -1.97. The molecule has 0 aliphatic carbocycles. The standard InChI is InChI=1S/C18H19N/c1-2-3-4-5-9-14-10-8-12-16-15-11-6-7-13-17(15)19-18(14)16/h5-13,19H,2-4H2,1H3/b9-5+. The summed E-state index contributed by atoms with van der Waals surface area (Å²) in [6.07, 6.45) is 8.20. The van der Waals surface area contributed by atoms with Crippen molar-refractivity contribution >= 4 is 27.9 Å². The van der Waals surface area contributed by atoms with Gasteiger partial charge in [-0.15, -0.1) is 0 Å². The number of para-hydroxylation sites is 2. The van der Waals surface area contributed by atoms with Crippen molar-refractivity contribution in [3.8, 4) is 0 Å². The lowest BCUT2D eigenvalue weighted by atomic mass is 10.1. The first-order chi connectivity index (χ1) is 9.40. The average Bonchev–Trinajstić information content (AvgIpc) is 2.83. The number of allylic oxidation sites excluding steroid dienone is 1. The number of fused-ring (bicyclic) bond motifs is 3. The van der Waals surface area contributed by atoms with Crippen LogP contribution in [0.3, 0.4) is 0 Å². The van der Waals surface area contributed by atoms with Gasteiger partial charge in [-0.2, -0.15) is 0 Å². The van der Waals surface area contributed by atoms with Crippen LogP contribution in [-0.4, -0.2) is 4.98 Å². The van der Waals surface area contributed by atoms with Crippen LogP contribution < -0.4 is 0 Å². The van der Waals surface area contributed by atoms with Gasteiger partial charge in [0.1, 0.15) is 0 Å². The zero-order chi connectivity index (χ0) is 13.1. The highest BCUT2D eigenvalue weighted by Gasteiger charge is 2.05. The maximum atomic E-state index is 3.54. The number of aromatic nitrogens is 1. The molecule has 3 aromatic rings. The van der Waals surface area contributed by atoms with E-state index < -0.39 is 0 Å². The zero-order valence-corrected chi connectivity index (χ0v) is 11.3. The molecule has 0 spiro atoms. The minimum atomic E-state index is 1.16. The second-order valence-electron chi connectivity index (χ2n) is 4.98. The summed E-state index contributed by atoms with van der Waals surface area (Å²) in [5.41, 5.74) is 3.74. The summed E-state index contributed by atoms with van der Waals surface area (Å²) in [5.74, 6) is 0. The molecule has 0 bridgehead atoms. The van der Waals surface area contributed by atoms with Gasteiger partial charge in [-0.1, -0.05) is 68.3 Å². The highest BCUT2D eigenvalue weighted by atomic mass is 14.7. The Labute approximate surface area is 114 Å². The number of H-pyrrole nitrogens is 1. The Morgan fingerprint density at radius 2 is 1.84 bits per heavy atom. The highest BCUT2D eigenvalue weighted by Crippen LogP contribution is 2.28. The predicted octanol–water partition coefficient (Wildman–Crippen LogP) is 5.52. The Hall–Kier alpha value is -2.02. The van der Waals surface area contributed by atoms with Gasteiger partial charge in [0.15, 0.2) is 0 Å². The van der Waals surface area contributed by atoms with Gasteiger partial charge < -0.3 is 4.98 Å². The maximum Gasteiger partial charge on any atom is 0.0538 e. The van der Waals surface area contributed by atoms with Crippen molar-refractivity contribution in [3.63, 3.8) is 0 Å². The molecule has 1 nitrogen and oxygen atoms in total. The van der Waals surface area contributed by atoms with Crippen LogP contribution >= 0.6 is 0 Å². The number of benzene rings is 2. The third-order valence-electron chi connectivity index (χ3n) is 3.60. The predicted molar refractivity (Wildman–Crippen MR) is 84.4 cm³/mol. The van der Waals surface area contributed by atoms with E-state index in [1.165, 1.54) is 40.2 Å². The van der Waals surface area contributed by atoms with Gasteiger partial charge in [0.25, 0.3) is 0 Å². The van der Waals surface area contributed by atoms with E-state index in [1.807, 2.05) is 0 Å². The molecule has 1 N–H and O–H groups in total. The topological polar surface area (TPSA) is 15.8 Å². The van der Waals surface area contributed by atoms with Gasteiger partial charge in [0, 0.05) is 16.3 Å². The highest BCUT2D eigenvalue weighted by molar-refractivity contribution is 6.09. The van der Waals surface area contributed by atoms with E-state index in [-0.39, 0.29) is 0 Å². The number of nitrogens with one attached hydrogen (secondary N) is 1. The van der Waals surface area contributed by atoms with Crippen molar-refractivity contribution in [1.29, 1.82) is 0 Å². The molecule has 1 heteroatoms. The Morgan fingerprint density at radius 1 is 1.00 bits per heavy atom. The van der Waals surface area contributed by atoms with Gasteiger partial charge in [0.05, 0.1) is 5.52 Å². The van der Waals surface area contributed by atoms with Crippen molar-refractivity contribution in [3.05, 3.63) is 54.1 Å². The normalized spacial score (nSPS) is 11.8. The van der Waals surface area contributed by atoms with Gasteiger partial charge in [-0.25, -0.2) is 0 Å². The van der Waals surface area contributed by atoms with Crippen LogP contribution in [0, 0.1) is 0 Å². The fourth-order valence-corrected chi connectivity index (χ4v) is 2.57. The molecule has 0 saturated carbocycles. The second-order valence-corrected chi connectivity index (χ2v) is 4.98. The molecule has 0 saturated heterocycles. The molecule has 19 heavy (non-hydrogen) atoms. The summed E-state index contributed by atoms with van der Waals surface area (Å²) in [6, 6.07) is 15.0.